The molecule has 3 aromatic rings. The number of nitriles is 1. The van der Waals surface area contributed by atoms with Gasteiger partial charge in [0.25, 0.3) is 0 Å². The van der Waals surface area contributed by atoms with Gasteiger partial charge in [-0.15, -0.1) is 0 Å². The fourth-order valence-electron chi connectivity index (χ4n) is 2.62. The molecular weight excluding hydrogens is 394 g/mol. The third-order valence-corrected chi connectivity index (χ3v) is 4.30. The number of nitrogens with one attached hydrogen (secondary N) is 2. The summed E-state index contributed by atoms with van der Waals surface area (Å²) in [6, 6.07) is 14.7. The Morgan fingerprint density at radius 1 is 1.21 bits per heavy atom. The van der Waals surface area contributed by atoms with E-state index in [1.807, 2.05) is 18.2 Å². The van der Waals surface area contributed by atoms with E-state index in [1.165, 1.54) is 0 Å². The zero-order chi connectivity index (χ0) is 20.6. The van der Waals surface area contributed by atoms with Crippen LogP contribution in [0.3, 0.4) is 0 Å². The number of carbonyl (C=O) groups is 1. The van der Waals surface area contributed by atoms with E-state index in [2.05, 4.69) is 20.8 Å². The lowest BCUT2D eigenvalue weighted by Gasteiger charge is -2.16. The van der Waals surface area contributed by atoms with Gasteiger partial charge in [-0.1, -0.05) is 28.9 Å². The van der Waals surface area contributed by atoms with Gasteiger partial charge in [0.1, 0.15) is 0 Å². The lowest BCUT2D eigenvalue weighted by atomic mass is 10.1. The molecule has 0 fully saturated rings. The molecule has 0 spiro atoms. The first kappa shape index (κ1) is 20.3. The number of aliphatic hydroxyl groups excluding tert-OH is 1. The molecule has 0 aliphatic heterocycles. The lowest BCUT2D eigenvalue weighted by molar-refractivity contribution is 0.247. The number of aliphatic hydroxyl groups is 1. The Morgan fingerprint density at radius 2 is 1.93 bits per heavy atom. The highest BCUT2D eigenvalue weighted by Crippen LogP contribution is 2.19. The van der Waals surface area contributed by atoms with E-state index in [0.29, 0.717) is 28.5 Å². The molecule has 0 radical (unpaired) electrons. The molecule has 0 aliphatic carbocycles. The van der Waals surface area contributed by atoms with Gasteiger partial charge >= 0.3 is 6.03 Å². The summed E-state index contributed by atoms with van der Waals surface area (Å²) in [5, 5.41) is 28.0. The molecule has 1 heterocycles. The summed E-state index contributed by atoms with van der Waals surface area (Å²) in [4.78, 5) is 16.7. The van der Waals surface area contributed by atoms with Crippen LogP contribution in [0.1, 0.15) is 28.9 Å². The molecule has 8 nitrogen and oxygen atoms in total. The molecule has 0 unspecified atom stereocenters. The third kappa shape index (κ3) is 5.78. The normalized spacial score (nSPS) is 11.5. The van der Waals surface area contributed by atoms with E-state index < -0.39 is 12.1 Å². The van der Waals surface area contributed by atoms with E-state index >= 15 is 0 Å². The van der Waals surface area contributed by atoms with Crippen molar-refractivity contribution in [3.05, 3.63) is 76.4 Å². The van der Waals surface area contributed by atoms with Crippen LogP contribution < -0.4 is 10.6 Å². The van der Waals surface area contributed by atoms with Gasteiger partial charge in [-0.2, -0.15) is 10.2 Å². The number of rotatable bonds is 7. The minimum Gasteiger partial charge on any atom is -0.396 e. The maximum Gasteiger partial charge on any atom is 0.319 e. The Morgan fingerprint density at radius 3 is 2.59 bits per heavy atom. The summed E-state index contributed by atoms with van der Waals surface area (Å²) >= 11 is 5.94. The summed E-state index contributed by atoms with van der Waals surface area (Å²) in [7, 11) is 0. The summed E-state index contributed by atoms with van der Waals surface area (Å²) in [6.45, 7) is -0.115. The molecule has 3 N–H and O–H groups in total. The predicted octanol–water partition coefficient (Wildman–Crippen LogP) is 3.23. The smallest absolute Gasteiger partial charge is 0.319 e. The molecule has 0 saturated carbocycles. The third-order valence-electron chi connectivity index (χ3n) is 4.05. The number of hydrogen-bond donors (Lipinski definition) is 3. The van der Waals surface area contributed by atoms with Crippen molar-refractivity contribution in [2.45, 2.75) is 18.9 Å². The van der Waals surface area contributed by atoms with Crippen molar-refractivity contribution in [1.29, 1.82) is 5.26 Å². The number of benzene rings is 2. The van der Waals surface area contributed by atoms with E-state index in [-0.39, 0.29) is 18.9 Å². The lowest BCUT2D eigenvalue weighted by Crippen LogP contribution is -2.34. The fraction of sp³-hybridized carbons (Fsp3) is 0.200. The highest BCUT2D eigenvalue weighted by Gasteiger charge is 2.21. The number of carbonyl (C=O) groups excluding carboxylic acids is 1. The van der Waals surface area contributed by atoms with Crippen LogP contribution in [0.4, 0.5) is 10.5 Å². The molecule has 0 aliphatic rings. The molecule has 2 aromatic carbocycles. The van der Waals surface area contributed by atoms with Gasteiger partial charge in [0.15, 0.2) is 5.82 Å². The van der Waals surface area contributed by atoms with E-state index in [4.69, 9.17) is 26.5 Å². The number of hydrogen-bond acceptors (Lipinski definition) is 6. The first-order valence-electron chi connectivity index (χ1n) is 8.83. The maximum atomic E-state index is 12.5. The number of aromatic nitrogens is 2. The van der Waals surface area contributed by atoms with Gasteiger partial charge in [-0.25, -0.2) is 4.79 Å². The van der Waals surface area contributed by atoms with Gasteiger partial charge in [-0.05, 0) is 42.0 Å². The van der Waals surface area contributed by atoms with Crippen molar-refractivity contribution in [2.75, 3.05) is 11.9 Å². The molecule has 0 bridgehead atoms. The van der Waals surface area contributed by atoms with Gasteiger partial charge in [0.2, 0.25) is 5.89 Å². The van der Waals surface area contributed by atoms with E-state index in [0.717, 1.165) is 5.56 Å². The zero-order valence-corrected chi connectivity index (χ0v) is 16.1. The molecule has 0 saturated heterocycles. The molecule has 1 atom stereocenters. The number of halogens is 1. The fourth-order valence-corrected chi connectivity index (χ4v) is 2.75. The van der Waals surface area contributed by atoms with Gasteiger partial charge < -0.3 is 20.3 Å². The maximum absolute atomic E-state index is 12.5. The zero-order valence-electron chi connectivity index (χ0n) is 15.3. The molecule has 2 amide bonds. The van der Waals surface area contributed by atoms with Crippen LogP contribution >= 0.6 is 11.6 Å². The summed E-state index contributed by atoms with van der Waals surface area (Å²) in [5.41, 5.74) is 1.96. The summed E-state index contributed by atoms with van der Waals surface area (Å²) in [6.07, 6.45) is 0.647. The first-order chi connectivity index (χ1) is 14.1. The highest BCUT2D eigenvalue weighted by molar-refractivity contribution is 6.30. The monoisotopic (exact) mass is 411 g/mol. The second-order valence-electron chi connectivity index (χ2n) is 6.19. The highest BCUT2D eigenvalue weighted by atomic mass is 35.5. The Bertz CT molecular complexity index is 996. The minimum atomic E-state index is -0.564. The van der Waals surface area contributed by atoms with E-state index in [1.54, 1.807) is 36.4 Å². The average Bonchev–Trinajstić information content (AvgIpc) is 3.19. The van der Waals surface area contributed by atoms with Crippen molar-refractivity contribution in [3.63, 3.8) is 0 Å². The Hall–Kier alpha value is -3.41. The van der Waals surface area contributed by atoms with Crippen LogP contribution in [0.25, 0.3) is 0 Å². The van der Waals surface area contributed by atoms with Crippen molar-refractivity contribution in [1.82, 2.24) is 15.5 Å². The molecule has 1 aromatic heterocycles. The SMILES string of the molecule is N#Cc1ccc(NC(=O)N[C@@H](Cc2ccc(Cl)cc2)c2noc(CCO)n2)cc1. The second-order valence-corrected chi connectivity index (χ2v) is 6.63. The van der Waals surface area contributed by atoms with Crippen LogP contribution in [0.5, 0.6) is 0 Å². The summed E-state index contributed by atoms with van der Waals surface area (Å²) < 4.78 is 5.12. The molecule has 29 heavy (non-hydrogen) atoms. The molecule has 9 heteroatoms. The van der Waals surface area contributed by atoms with Crippen LogP contribution in [0.2, 0.25) is 5.02 Å². The first-order valence-corrected chi connectivity index (χ1v) is 9.20. The van der Waals surface area contributed by atoms with Crippen LogP contribution in [-0.4, -0.2) is 27.9 Å². The number of anilines is 1. The molecule has 148 valence electrons. The van der Waals surface area contributed by atoms with Gasteiger partial charge in [0, 0.05) is 17.1 Å². The van der Waals surface area contributed by atoms with E-state index in [9.17, 15) is 4.79 Å². The van der Waals surface area contributed by atoms with Crippen LogP contribution in [-0.2, 0) is 12.8 Å². The Balaban J connectivity index is 1.74. The minimum absolute atomic E-state index is 0.115. The van der Waals surface area contributed by atoms with Gasteiger partial charge in [-0.3, -0.25) is 0 Å². The number of nitrogens with zero attached hydrogens (tertiary/aromatic N) is 3. The average molecular weight is 412 g/mol. The van der Waals surface area contributed by atoms with Crippen molar-refractivity contribution < 1.29 is 14.4 Å². The van der Waals surface area contributed by atoms with Crippen LogP contribution in [0.15, 0.2) is 53.1 Å². The van der Waals surface area contributed by atoms with Gasteiger partial charge in [0.05, 0.1) is 30.7 Å². The van der Waals surface area contributed by atoms with Crippen molar-refractivity contribution in [3.8, 4) is 6.07 Å². The van der Waals surface area contributed by atoms with Crippen LogP contribution in [0, 0.1) is 11.3 Å². The quantitative estimate of drug-likeness (QED) is 0.548. The van der Waals surface area contributed by atoms with Crippen molar-refractivity contribution >= 4 is 23.3 Å². The number of amides is 2. The molecule has 3 rings (SSSR count). The summed E-state index contributed by atoms with van der Waals surface area (Å²) in [5.74, 6) is 0.594. The van der Waals surface area contributed by atoms with Crippen molar-refractivity contribution in [2.24, 2.45) is 0 Å². The number of urea groups is 1. The molecular formula is C20H18ClN5O3. The Kier molecular flexibility index (Phi) is 6.79. The topological polar surface area (TPSA) is 124 Å². The predicted molar refractivity (Wildman–Crippen MR) is 106 cm³/mol. The largest absolute Gasteiger partial charge is 0.396 e. The standard InChI is InChI=1S/C20H18ClN5O3/c21-15-5-1-13(2-6-15)11-17(19-25-18(9-10-27)29-26-19)24-20(28)23-16-7-3-14(12-22)4-8-16/h1-8,17,27H,9-11H2,(H2,23,24,28)/t17-/m0/s1. The second kappa shape index (κ2) is 9.68. The Labute approximate surface area is 172 Å².